The summed E-state index contributed by atoms with van der Waals surface area (Å²) < 4.78 is 49.5. The fourth-order valence-electron chi connectivity index (χ4n) is 2.97. The molecule has 7 nitrogen and oxygen atoms in total. The topological polar surface area (TPSA) is 76.6 Å². The minimum absolute atomic E-state index is 0.122. The maximum Gasteiger partial charge on any atom is 0.434 e. The van der Waals surface area contributed by atoms with E-state index in [0.29, 0.717) is 12.7 Å². The number of anilines is 1. The summed E-state index contributed by atoms with van der Waals surface area (Å²) in [6, 6.07) is -0.380. The molecular formula is C18H27F3N4O3. The number of amides is 1. The van der Waals surface area contributed by atoms with Crippen LogP contribution in [0.3, 0.4) is 0 Å². The van der Waals surface area contributed by atoms with Gasteiger partial charge in [-0.15, -0.1) is 0 Å². The van der Waals surface area contributed by atoms with Gasteiger partial charge in [0, 0.05) is 6.54 Å². The van der Waals surface area contributed by atoms with Gasteiger partial charge in [-0.05, 0) is 41.5 Å². The van der Waals surface area contributed by atoms with Crippen molar-refractivity contribution in [3.8, 4) is 0 Å². The van der Waals surface area contributed by atoms with Gasteiger partial charge in [0.1, 0.15) is 11.4 Å². The second-order valence-electron chi connectivity index (χ2n) is 7.92. The Balaban J connectivity index is 2.14. The van der Waals surface area contributed by atoms with Gasteiger partial charge >= 0.3 is 12.3 Å². The number of nitrogens with zero attached hydrogens (tertiary/aromatic N) is 3. The summed E-state index contributed by atoms with van der Waals surface area (Å²) in [6.07, 6.45) is -4.79. The number of carbonyl (C=O) groups is 1. The van der Waals surface area contributed by atoms with Gasteiger partial charge in [0.2, 0.25) is 0 Å². The van der Waals surface area contributed by atoms with Crippen LogP contribution < -0.4 is 5.32 Å². The SMILES string of the molecule is Cc1nc(C(F)(F)F)cnc1NC[C@@H]1[C@H](C)O[C@H](C)CN1C(=O)OC(C)(C)C. The molecule has 10 heteroatoms. The Bertz CT molecular complexity index is 706. The predicted octanol–water partition coefficient (Wildman–Crippen LogP) is 3.63. The number of rotatable bonds is 3. The molecule has 0 aromatic carbocycles. The van der Waals surface area contributed by atoms with Crippen molar-refractivity contribution in [2.75, 3.05) is 18.4 Å². The first-order chi connectivity index (χ1) is 12.8. The van der Waals surface area contributed by atoms with E-state index in [0.717, 1.165) is 0 Å². The van der Waals surface area contributed by atoms with Crippen LogP contribution in [0.15, 0.2) is 6.20 Å². The molecule has 0 bridgehead atoms. The van der Waals surface area contributed by atoms with Gasteiger partial charge < -0.3 is 14.8 Å². The lowest BCUT2D eigenvalue weighted by molar-refractivity contribution is -0.141. The van der Waals surface area contributed by atoms with Gasteiger partial charge in [0.15, 0.2) is 5.69 Å². The standard InChI is InChI=1S/C18H27F3N4O3/c1-10-9-25(16(26)28-17(4,5)6)13(12(3)27-10)7-22-15-11(2)24-14(8-23-15)18(19,20)21/h8,10,12-13H,7,9H2,1-6H3,(H,22,23)/t10-,12+,13-/m1/s1. The summed E-state index contributed by atoms with van der Waals surface area (Å²) in [4.78, 5) is 21.6. The molecule has 1 fully saturated rings. The quantitative estimate of drug-likeness (QED) is 0.829. The molecule has 0 spiro atoms. The molecule has 1 aromatic heterocycles. The van der Waals surface area contributed by atoms with E-state index in [9.17, 15) is 18.0 Å². The normalized spacial score (nSPS) is 23.5. The highest BCUT2D eigenvalue weighted by Crippen LogP contribution is 2.28. The summed E-state index contributed by atoms with van der Waals surface area (Å²) in [5.74, 6) is 0.225. The third-order valence-electron chi connectivity index (χ3n) is 4.19. The molecule has 0 aliphatic carbocycles. The molecule has 3 atom stereocenters. The molecule has 1 N–H and O–H groups in total. The highest BCUT2D eigenvalue weighted by atomic mass is 19.4. The second kappa shape index (κ2) is 8.10. The fourth-order valence-corrected chi connectivity index (χ4v) is 2.97. The van der Waals surface area contributed by atoms with Crippen LogP contribution in [0, 0.1) is 6.92 Å². The van der Waals surface area contributed by atoms with Crippen molar-refractivity contribution in [3.05, 3.63) is 17.6 Å². The number of ether oxygens (including phenoxy) is 2. The second-order valence-corrected chi connectivity index (χ2v) is 7.92. The van der Waals surface area contributed by atoms with Crippen LogP contribution in [-0.4, -0.2) is 57.9 Å². The van der Waals surface area contributed by atoms with Crippen molar-refractivity contribution >= 4 is 11.9 Å². The number of alkyl halides is 3. The molecule has 2 rings (SSSR count). The summed E-state index contributed by atoms with van der Waals surface area (Å²) >= 11 is 0. The lowest BCUT2D eigenvalue weighted by Crippen LogP contribution is -2.58. The summed E-state index contributed by atoms with van der Waals surface area (Å²) in [6.45, 7) is 11.1. The molecule has 1 aromatic rings. The van der Waals surface area contributed by atoms with Crippen molar-refractivity contribution in [1.29, 1.82) is 0 Å². The van der Waals surface area contributed by atoms with Crippen molar-refractivity contribution in [2.24, 2.45) is 0 Å². The van der Waals surface area contributed by atoms with Gasteiger partial charge in [-0.3, -0.25) is 4.90 Å². The first-order valence-electron chi connectivity index (χ1n) is 9.07. The zero-order valence-corrected chi connectivity index (χ0v) is 16.9. The number of hydrogen-bond donors (Lipinski definition) is 1. The molecule has 0 saturated carbocycles. The van der Waals surface area contributed by atoms with Gasteiger partial charge in [-0.1, -0.05) is 0 Å². The first-order valence-corrected chi connectivity index (χ1v) is 9.07. The lowest BCUT2D eigenvalue weighted by atomic mass is 10.1. The van der Waals surface area contributed by atoms with E-state index in [1.807, 2.05) is 13.8 Å². The van der Waals surface area contributed by atoms with E-state index in [1.165, 1.54) is 6.92 Å². The zero-order valence-electron chi connectivity index (χ0n) is 16.9. The van der Waals surface area contributed by atoms with Gasteiger partial charge in [-0.25, -0.2) is 14.8 Å². The van der Waals surface area contributed by atoms with E-state index in [2.05, 4.69) is 15.3 Å². The maximum atomic E-state index is 12.7. The smallest absolute Gasteiger partial charge is 0.434 e. The van der Waals surface area contributed by atoms with Crippen LogP contribution in [0.2, 0.25) is 0 Å². The van der Waals surface area contributed by atoms with Crippen LogP contribution in [0.5, 0.6) is 0 Å². The lowest BCUT2D eigenvalue weighted by Gasteiger charge is -2.43. The van der Waals surface area contributed by atoms with Crippen LogP contribution in [-0.2, 0) is 15.7 Å². The number of nitrogens with one attached hydrogen (secondary N) is 1. The van der Waals surface area contributed by atoms with E-state index in [1.54, 1.807) is 25.7 Å². The van der Waals surface area contributed by atoms with Crippen molar-refractivity contribution in [3.63, 3.8) is 0 Å². The summed E-state index contributed by atoms with van der Waals surface area (Å²) in [5, 5.41) is 2.98. The average molecular weight is 404 g/mol. The molecule has 2 heterocycles. The molecule has 158 valence electrons. The van der Waals surface area contributed by atoms with Crippen LogP contribution in [0.4, 0.5) is 23.8 Å². The Morgan fingerprint density at radius 3 is 2.54 bits per heavy atom. The Kier molecular flexibility index (Phi) is 6.42. The molecule has 28 heavy (non-hydrogen) atoms. The Hall–Kier alpha value is -2.10. The minimum atomic E-state index is -4.55. The fraction of sp³-hybridized carbons (Fsp3) is 0.722. The van der Waals surface area contributed by atoms with Gasteiger partial charge in [0.05, 0.1) is 36.7 Å². The van der Waals surface area contributed by atoms with Crippen molar-refractivity contribution < 1.29 is 27.4 Å². The Morgan fingerprint density at radius 1 is 1.36 bits per heavy atom. The number of carbonyl (C=O) groups excluding carboxylic acids is 1. The van der Waals surface area contributed by atoms with Crippen LogP contribution in [0.25, 0.3) is 0 Å². The zero-order chi connectivity index (χ0) is 21.3. The van der Waals surface area contributed by atoms with E-state index in [4.69, 9.17) is 9.47 Å². The number of halogens is 3. The molecule has 1 saturated heterocycles. The highest BCUT2D eigenvalue weighted by Gasteiger charge is 2.38. The highest BCUT2D eigenvalue weighted by molar-refractivity contribution is 5.69. The minimum Gasteiger partial charge on any atom is -0.444 e. The number of morpholine rings is 1. The molecule has 1 aliphatic heterocycles. The van der Waals surface area contributed by atoms with E-state index in [-0.39, 0.29) is 36.3 Å². The molecule has 1 amide bonds. The summed E-state index contributed by atoms with van der Waals surface area (Å²) in [7, 11) is 0. The molecule has 1 aliphatic rings. The average Bonchev–Trinajstić information content (AvgIpc) is 2.51. The third kappa shape index (κ3) is 5.70. The molecular weight excluding hydrogens is 377 g/mol. The summed E-state index contributed by atoms with van der Waals surface area (Å²) in [5.41, 5.74) is -1.57. The maximum absolute atomic E-state index is 12.7. The van der Waals surface area contributed by atoms with Crippen molar-refractivity contribution in [2.45, 2.75) is 71.6 Å². The van der Waals surface area contributed by atoms with Crippen LogP contribution >= 0.6 is 0 Å². The number of aryl methyl sites for hydroxylation is 1. The first kappa shape index (κ1) is 22.2. The van der Waals surface area contributed by atoms with Crippen molar-refractivity contribution in [1.82, 2.24) is 14.9 Å². The third-order valence-corrected chi connectivity index (χ3v) is 4.19. The number of hydrogen-bond acceptors (Lipinski definition) is 6. The Morgan fingerprint density at radius 2 is 2.00 bits per heavy atom. The van der Waals surface area contributed by atoms with Gasteiger partial charge in [0.25, 0.3) is 0 Å². The van der Waals surface area contributed by atoms with Gasteiger partial charge in [-0.2, -0.15) is 13.2 Å². The Labute approximate surface area is 162 Å². The number of aromatic nitrogens is 2. The molecule has 0 unspecified atom stereocenters. The van der Waals surface area contributed by atoms with Crippen LogP contribution in [0.1, 0.15) is 46.0 Å². The monoisotopic (exact) mass is 404 g/mol. The van der Waals surface area contributed by atoms with E-state index >= 15 is 0 Å². The molecule has 0 radical (unpaired) electrons. The largest absolute Gasteiger partial charge is 0.444 e. The van der Waals surface area contributed by atoms with E-state index < -0.39 is 23.6 Å². The predicted molar refractivity (Wildman–Crippen MR) is 97.0 cm³/mol.